The van der Waals surface area contributed by atoms with Crippen LogP contribution in [0.15, 0.2) is 120 Å². The molecule has 2 heterocycles. The molecule has 0 saturated carbocycles. The molecule has 0 fully saturated rings. The summed E-state index contributed by atoms with van der Waals surface area (Å²) >= 11 is 0. The summed E-state index contributed by atoms with van der Waals surface area (Å²) in [5, 5.41) is 3.74. The molecule has 45 heavy (non-hydrogen) atoms. The minimum atomic E-state index is 0.418. The molecule has 8 aromatic rings. The van der Waals surface area contributed by atoms with Gasteiger partial charge in [-0.1, -0.05) is 125 Å². The van der Waals surface area contributed by atoms with Gasteiger partial charge in [-0.05, 0) is 34.0 Å². The van der Waals surface area contributed by atoms with Gasteiger partial charge in [0.2, 0.25) is 0 Å². The van der Waals surface area contributed by atoms with Crippen LogP contribution in [0.25, 0.3) is 78.0 Å². The van der Waals surface area contributed by atoms with Crippen LogP contribution in [-0.4, -0.2) is 46.3 Å². The van der Waals surface area contributed by atoms with E-state index < -0.39 is 0 Å². The third-order valence-electron chi connectivity index (χ3n) is 8.04. The molecule has 0 atom stereocenters. The zero-order valence-corrected chi connectivity index (χ0v) is 24.0. The van der Waals surface area contributed by atoms with Crippen molar-refractivity contribution in [3.63, 3.8) is 0 Å². The Labute approximate surface area is 265 Å². The third-order valence-corrected chi connectivity index (χ3v) is 8.04. The third kappa shape index (κ3) is 4.74. The molecule has 2 aromatic heterocycles. The van der Waals surface area contributed by atoms with Crippen LogP contribution in [-0.2, 0) is 0 Å². The molecule has 0 aliphatic heterocycles. The number of hydrogen-bond acceptors (Lipinski definition) is 4. The maximum atomic E-state index is 6.65. The highest BCUT2D eigenvalue weighted by Crippen LogP contribution is 2.35. The van der Waals surface area contributed by atoms with Gasteiger partial charge in [-0.3, -0.25) is 0 Å². The SMILES string of the molecule is [B]c1cc([B])c2oc3c([B])cc([B])c(-c4cccc(-c5nc(-c6ccccc6)nc(-c6ccc7ccccc7c6)n5)c4)c3c2c1. The van der Waals surface area contributed by atoms with E-state index in [9.17, 15) is 0 Å². The van der Waals surface area contributed by atoms with Crippen LogP contribution in [0.3, 0.4) is 0 Å². The lowest BCUT2D eigenvalue weighted by Crippen LogP contribution is -2.17. The summed E-state index contributed by atoms with van der Waals surface area (Å²) in [5.41, 5.74) is 7.07. The monoisotopic (exact) mass is 565 g/mol. The van der Waals surface area contributed by atoms with Crippen molar-refractivity contribution in [1.29, 1.82) is 0 Å². The van der Waals surface area contributed by atoms with Crippen LogP contribution >= 0.6 is 0 Å². The molecule has 0 N–H and O–H groups in total. The van der Waals surface area contributed by atoms with Crippen LogP contribution in [0.2, 0.25) is 0 Å². The molecule has 0 spiro atoms. The van der Waals surface area contributed by atoms with Gasteiger partial charge in [0.15, 0.2) is 17.5 Å². The Morgan fingerprint density at radius 2 is 1.07 bits per heavy atom. The van der Waals surface area contributed by atoms with Gasteiger partial charge in [-0.15, -0.1) is 0 Å². The highest BCUT2D eigenvalue weighted by Gasteiger charge is 2.19. The number of nitrogens with zero attached hydrogens (tertiary/aromatic N) is 3. The summed E-state index contributed by atoms with van der Waals surface area (Å²) in [7, 11) is 25.5. The standard InChI is InChI=1S/C37H19B4N3O/c38-26-17-27-32-31(28(39)19-30(41)34(32)45-33(27)29(40)18-26)23-11-6-12-24(16-23)36-42-35(21-8-2-1-3-9-21)43-37(44-36)25-14-13-20-7-4-5-10-22(20)15-25/h1-19H. The molecular weight excluding hydrogens is 546 g/mol. The van der Waals surface area contributed by atoms with Gasteiger partial charge in [0, 0.05) is 27.5 Å². The summed E-state index contributed by atoms with van der Waals surface area (Å²) in [4.78, 5) is 14.8. The Hall–Kier alpha value is -5.35. The van der Waals surface area contributed by atoms with Crippen molar-refractivity contribution in [3.8, 4) is 45.3 Å². The van der Waals surface area contributed by atoms with Crippen molar-refractivity contribution < 1.29 is 4.42 Å². The molecule has 0 aliphatic rings. The zero-order chi connectivity index (χ0) is 30.7. The fourth-order valence-electron chi connectivity index (χ4n) is 5.95. The van der Waals surface area contributed by atoms with Crippen LogP contribution in [0.4, 0.5) is 0 Å². The molecule has 0 aliphatic carbocycles. The van der Waals surface area contributed by atoms with E-state index in [1.807, 2.05) is 78.9 Å². The molecule has 200 valence electrons. The van der Waals surface area contributed by atoms with Crippen LogP contribution in [0, 0.1) is 0 Å². The van der Waals surface area contributed by atoms with Crippen LogP contribution in [0.1, 0.15) is 0 Å². The maximum Gasteiger partial charge on any atom is 0.164 e. The number of hydrogen-bond donors (Lipinski definition) is 0. The van der Waals surface area contributed by atoms with Gasteiger partial charge in [0.25, 0.3) is 0 Å². The minimum Gasteiger partial charge on any atom is -0.457 e. The molecular formula is C37H19B4N3O. The van der Waals surface area contributed by atoms with E-state index in [1.54, 1.807) is 12.1 Å². The Morgan fingerprint density at radius 1 is 0.444 bits per heavy atom. The van der Waals surface area contributed by atoms with E-state index in [0.29, 0.717) is 50.5 Å². The fraction of sp³-hybridized carbons (Fsp3) is 0. The lowest BCUT2D eigenvalue weighted by molar-refractivity contribution is 0.674. The van der Waals surface area contributed by atoms with E-state index >= 15 is 0 Å². The molecule has 4 nitrogen and oxygen atoms in total. The van der Waals surface area contributed by atoms with Crippen molar-refractivity contribution in [2.45, 2.75) is 0 Å². The smallest absolute Gasteiger partial charge is 0.164 e. The van der Waals surface area contributed by atoms with Gasteiger partial charge in [0.1, 0.15) is 42.6 Å². The van der Waals surface area contributed by atoms with E-state index in [1.165, 1.54) is 0 Å². The fourth-order valence-corrected chi connectivity index (χ4v) is 5.95. The highest BCUT2D eigenvalue weighted by molar-refractivity contribution is 6.49. The first kappa shape index (κ1) is 27.2. The number of furan rings is 1. The second-order valence-electron chi connectivity index (χ2n) is 11.0. The van der Waals surface area contributed by atoms with E-state index in [2.05, 4.69) is 24.3 Å². The van der Waals surface area contributed by atoms with Crippen molar-refractivity contribution >= 4 is 85.9 Å². The summed E-state index contributed by atoms with van der Waals surface area (Å²) in [6.45, 7) is 0. The van der Waals surface area contributed by atoms with Crippen LogP contribution < -0.4 is 21.9 Å². The Kier molecular flexibility index (Phi) is 6.45. The Balaban J connectivity index is 1.34. The molecule has 8 radical (unpaired) electrons. The largest absolute Gasteiger partial charge is 0.457 e. The summed E-state index contributed by atoms with van der Waals surface area (Å²) < 4.78 is 6.17. The average molecular weight is 565 g/mol. The second-order valence-corrected chi connectivity index (χ2v) is 11.0. The molecule has 0 saturated heterocycles. The quantitative estimate of drug-likeness (QED) is 0.289. The summed E-state index contributed by atoms with van der Waals surface area (Å²) in [5.74, 6) is 1.69. The molecule has 0 bridgehead atoms. The predicted molar refractivity (Wildman–Crippen MR) is 188 cm³/mol. The molecule has 6 aromatic carbocycles. The van der Waals surface area contributed by atoms with Crippen molar-refractivity contribution in [2.75, 3.05) is 0 Å². The molecule has 0 amide bonds. The van der Waals surface area contributed by atoms with Gasteiger partial charge in [0.05, 0.1) is 0 Å². The molecule has 0 unspecified atom stereocenters. The minimum absolute atomic E-state index is 0.418. The lowest BCUT2D eigenvalue weighted by atomic mass is 9.78. The molecule has 8 heteroatoms. The Morgan fingerprint density at radius 3 is 1.84 bits per heavy atom. The number of fused-ring (bicyclic) bond motifs is 4. The van der Waals surface area contributed by atoms with E-state index in [-0.39, 0.29) is 0 Å². The van der Waals surface area contributed by atoms with E-state index in [4.69, 9.17) is 50.8 Å². The summed E-state index contributed by atoms with van der Waals surface area (Å²) in [6.07, 6.45) is 0. The average Bonchev–Trinajstić information content (AvgIpc) is 3.45. The van der Waals surface area contributed by atoms with Crippen molar-refractivity contribution in [2.24, 2.45) is 0 Å². The first-order valence-electron chi connectivity index (χ1n) is 14.4. The lowest BCUT2D eigenvalue weighted by Gasteiger charge is -2.13. The first-order chi connectivity index (χ1) is 21.9. The van der Waals surface area contributed by atoms with Crippen molar-refractivity contribution in [3.05, 3.63) is 115 Å². The second kappa shape index (κ2) is 10.7. The summed E-state index contributed by atoms with van der Waals surface area (Å²) in [6, 6.07) is 37.5. The van der Waals surface area contributed by atoms with E-state index in [0.717, 1.165) is 49.4 Å². The van der Waals surface area contributed by atoms with Crippen LogP contribution in [0.5, 0.6) is 0 Å². The van der Waals surface area contributed by atoms with Gasteiger partial charge < -0.3 is 4.42 Å². The molecule has 8 rings (SSSR count). The van der Waals surface area contributed by atoms with Crippen molar-refractivity contribution in [1.82, 2.24) is 15.0 Å². The number of rotatable bonds is 4. The number of aromatic nitrogens is 3. The first-order valence-corrected chi connectivity index (χ1v) is 14.4. The maximum absolute atomic E-state index is 6.65. The highest BCUT2D eigenvalue weighted by atomic mass is 16.3. The zero-order valence-electron chi connectivity index (χ0n) is 24.0. The normalized spacial score (nSPS) is 11.5. The predicted octanol–water partition coefficient (Wildman–Crippen LogP) is 4.77. The number of benzene rings is 6. The van der Waals surface area contributed by atoms with Gasteiger partial charge in [-0.25, -0.2) is 15.0 Å². The van der Waals surface area contributed by atoms with Gasteiger partial charge in [-0.2, -0.15) is 0 Å². The topological polar surface area (TPSA) is 51.8 Å². The Bertz CT molecular complexity index is 2440. The van der Waals surface area contributed by atoms with Gasteiger partial charge >= 0.3 is 0 Å².